The Labute approximate surface area is 118 Å². The van der Waals surface area contributed by atoms with E-state index >= 15 is 0 Å². The van der Waals surface area contributed by atoms with Crippen LogP contribution < -0.4 is 10.6 Å². The summed E-state index contributed by atoms with van der Waals surface area (Å²) in [6.07, 6.45) is 0. The van der Waals surface area contributed by atoms with Gasteiger partial charge in [-0.1, -0.05) is 34.1 Å². The van der Waals surface area contributed by atoms with Crippen LogP contribution in [-0.2, 0) is 6.54 Å². The summed E-state index contributed by atoms with van der Waals surface area (Å²) in [6.45, 7) is 0.586. The van der Waals surface area contributed by atoms with Crippen LogP contribution in [0.5, 0.6) is 0 Å². The van der Waals surface area contributed by atoms with Gasteiger partial charge in [0.1, 0.15) is 17.6 Å². The second-order valence-corrected chi connectivity index (χ2v) is 4.87. The summed E-state index contributed by atoms with van der Waals surface area (Å²) in [6, 6.07) is 11.3. The Bertz CT molecular complexity index is 690. The number of aromatic amines is 1. The van der Waals surface area contributed by atoms with E-state index < -0.39 is 5.69 Å². The molecule has 1 N–H and O–H groups in total. The molecular weight excluding hydrogens is 308 g/mol. The summed E-state index contributed by atoms with van der Waals surface area (Å²) in [5.74, 6) is 0.469. The molecule has 19 heavy (non-hydrogen) atoms. The fourth-order valence-corrected chi connectivity index (χ4v) is 2.07. The van der Waals surface area contributed by atoms with E-state index in [1.54, 1.807) is 6.07 Å². The van der Waals surface area contributed by atoms with Crippen molar-refractivity contribution < 1.29 is 0 Å². The van der Waals surface area contributed by atoms with E-state index in [2.05, 4.69) is 25.9 Å². The number of hydrogen-bond donors (Lipinski definition) is 1. The van der Waals surface area contributed by atoms with E-state index in [9.17, 15) is 4.79 Å². The summed E-state index contributed by atoms with van der Waals surface area (Å²) in [7, 11) is 1.82. The van der Waals surface area contributed by atoms with E-state index in [1.807, 2.05) is 42.3 Å². The predicted molar refractivity (Wildman–Crippen MR) is 75.8 cm³/mol. The number of hydrogen-bond acceptors (Lipinski definition) is 4. The molecule has 2 aromatic rings. The standard InChI is InChI=1S/C13H11BrN4O/c1-18(8-9-4-2-3-5-11(9)14)12-6-10(7-15)16-13(19)17-12/h2-6H,8H2,1H3,(H,16,17,19). The molecule has 5 nitrogen and oxygen atoms in total. The van der Waals surface area contributed by atoms with Crippen molar-refractivity contribution in [1.29, 1.82) is 5.26 Å². The van der Waals surface area contributed by atoms with Crippen LogP contribution in [-0.4, -0.2) is 17.0 Å². The molecule has 0 saturated carbocycles. The summed E-state index contributed by atoms with van der Waals surface area (Å²) in [5, 5.41) is 8.83. The van der Waals surface area contributed by atoms with Crippen LogP contribution in [0.1, 0.15) is 11.3 Å². The van der Waals surface area contributed by atoms with E-state index in [-0.39, 0.29) is 5.69 Å². The Morgan fingerprint density at radius 1 is 1.47 bits per heavy atom. The van der Waals surface area contributed by atoms with Gasteiger partial charge >= 0.3 is 5.69 Å². The van der Waals surface area contributed by atoms with E-state index in [0.717, 1.165) is 10.0 Å². The van der Waals surface area contributed by atoms with Crippen molar-refractivity contribution in [3.05, 3.63) is 56.5 Å². The number of aromatic nitrogens is 2. The zero-order valence-corrected chi connectivity index (χ0v) is 11.8. The largest absolute Gasteiger partial charge is 0.355 e. The van der Waals surface area contributed by atoms with Crippen LogP contribution in [0, 0.1) is 11.3 Å². The lowest BCUT2D eigenvalue weighted by atomic mass is 10.2. The predicted octanol–water partition coefficient (Wildman–Crippen LogP) is 2.04. The lowest BCUT2D eigenvalue weighted by Crippen LogP contribution is -2.23. The van der Waals surface area contributed by atoms with E-state index in [4.69, 9.17) is 5.26 Å². The first-order chi connectivity index (χ1) is 9.10. The molecule has 0 aliphatic rings. The Balaban J connectivity index is 2.28. The maximum Gasteiger partial charge on any atom is 0.347 e. The summed E-state index contributed by atoms with van der Waals surface area (Å²) >= 11 is 3.47. The molecule has 2 rings (SSSR count). The zero-order chi connectivity index (χ0) is 13.8. The van der Waals surface area contributed by atoms with Crippen LogP contribution in [0.25, 0.3) is 0 Å². The molecule has 1 aromatic heterocycles. The molecule has 1 aromatic carbocycles. The van der Waals surface area contributed by atoms with E-state index in [1.165, 1.54) is 0 Å². The Morgan fingerprint density at radius 3 is 2.89 bits per heavy atom. The number of halogens is 1. The third-order valence-electron chi connectivity index (χ3n) is 2.61. The molecule has 0 fully saturated rings. The number of H-pyrrole nitrogens is 1. The Kier molecular flexibility index (Phi) is 3.97. The SMILES string of the molecule is CN(Cc1ccccc1Br)c1cc(C#N)[nH]c(=O)n1. The topological polar surface area (TPSA) is 72.8 Å². The lowest BCUT2D eigenvalue weighted by molar-refractivity contribution is 0.875. The number of benzene rings is 1. The third-order valence-corrected chi connectivity index (χ3v) is 3.38. The highest BCUT2D eigenvalue weighted by molar-refractivity contribution is 9.10. The van der Waals surface area contributed by atoms with Crippen molar-refractivity contribution in [2.24, 2.45) is 0 Å². The third kappa shape index (κ3) is 3.20. The van der Waals surface area contributed by atoms with Crippen LogP contribution in [0.4, 0.5) is 5.82 Å². The molecular formula is C13H11BrN4O. The first-order valence-corrected chi connectivity index (χ1v) is 6.35. The van der Waals surface area contributed by atoms with Crippen molar-refractivity contribution in [3.63, 3.8) is 0 Å². The van der Waals surface area contributed by atoms with Crippen LogP contribution in [0.15, 0.2) is 39.6 Å². The minimum Gasteiger partial charge on any atom is -0.355 e. The molecule has 1 heterocycles. The molecule has 0 atom stereocenters. The average Bonchev–Trinajstić information content (AvgIpc) is 2.40. The van der Waals surface area contributed by atoms with Gasteiger partial charge in [0, 0.05) is 24.1 Å². The van der Waals surface area contributed by atoms with Crippen molar-refractivity contribution in [1.82, 2.24) is 9.97 Å². The Hall–Kier alpha value is -2.13. The van der Waals surface area contributed by atoms with Crippen LogP contribution >= 0.6 is 15.9 Å². The highest BCUT2D eigenvalue weighted by atomic mass is 79.9. The van der Waals surface area contributed by atoms with Crippen LogP contribution in [0.3, 0.4) is 0 Å². The smallest absolute Gasteiger partial charge is 0.347 e. The number of nitrogens with zero attached hydrogens (tertiary/aromatic N) is 3. The summed E-state index contributed by atoms with van der Waals surface area (Å²) in [5.41, 5.74) is 0.757. The van der Waals surface area contributed by atoms with Gasteiger partial charge in [0.25, 0.3) is 0 Å². The maximum absolute atomic E-state index is 11.3. The molecule has 0 bridgehead atoms. The average molecular weight is 319 g/mol. The minimum absolute atomic E-state index is 0.203. The van der Waals surface area contributed by atoms with Crippen LogP contribution in [0.2, 0.25) is 0 Å². The maximum atomic E-state index is 11.3. The molecule has 0 amide bonds. The second-order valence-electron chi connectivity index (χ2n) is 4.02. The fourth-order valence-electron chi connectivity index (χ4n) is 1.66. The lowest BCUT2D eigenvalue weighted by Gasteiger charge is -2.18. The number of nitrogens with one attached hydrogen (secondary N) is 1. The van der Waals surface area contributed by atoms with Crippen molar-refractivity contribution in [2.75, 3.05) is 11.9 Å². The number of anilines is 1. The summed E-state index contributed by atoms with van der Waals surface area (Å²) < 4.78 is 0.993. The fraction of sp³-hybridized carbons (Fsp3) is 0.154. The minimum atomic E-state index is -0.520. The monoisotopic (exact) mass is 318 g/mol. The molecule has 0 saturated heterocycles. The molecule has 96 valence electrons. The van der Waals surface area contributed by atoms with Gasteiger partial charge in [-0.05, 0) is 11.6 Å². The van der Waals surface area contributed by atoms with E-state index in [0.29, 0.717) is 12.4 Å². The summed E-state index contributed by atoms with van der Waals surface area (Å²) in [4.78, 5) is 19.4. The first kappa shape index (κ1) is 13.3. The highest BCUT2D eigenvalue weighted by Gasteiger charge is 2.08. The number of rotatable bonds is 3. The van der Waals surface area contributed by atoms with Gasteiger partial charge in [0.05, 0.1) is 0 Å². The quantitative estimate of drug-likeness (QED) is 0.940. The second kappa shape index (κ2) is 5.67. The normalized spacial score (nSPS) is 9.95. The van der Waals surface area contributed by atoms with Gasteiger partial charge in [0.2, 0.25) is 0 Å². The van der Waals surface area contributed by atoms with Gasteiger partial charge in [-0.15, -0.1) is 0 Å². The first-order valence-electron chi connectivity index (χ1n) is 5.56. The molecule has 0 radical (unpaired) electrons. The zero-order valence-electron chi connectivity index (χ0n) is 10.2. The van der Waals surface area contributed by atoms with Crippen molar-refractivity contribution in [3.8, 4) is 6.07 Å². The van der Waals surface area contributed by atoms with Crippen molar-refractivity contribution in [2.45, 2.75) is 6.54 Å². The van der Waals surface area contributed by atoms with Gasteiger partial charge in [-0.2, -0.15) is 10.2 Å². The number of nitriles is 1. The van der Waals surface area contributed by atoms with Crippen molar-refractivity contribution >= 4 is 21.7 Å². The molecule has 6 heteroatoms. The molecule has 0 aliphatic heterocycles. The Morgan fingerprint density at radius 2 is 2.21 bits per heavy atom. The van der Waals surface area contributed by atoms with Gasteiger partial charge in [-0.25, -0.2) is 4.79 Å². The van der Waals surface area contributed by atoms with Gasteiger partial charge in [0.15, 0.2) is 0 Å². The highest BCUT2D eigenvalue weighted by Crippen LogP contribution is 2.19. The van der Waals surface area contributed by atoms with Gasteiger partial charge < -0.3 is 4.90 Å². The van der Waals surface area contributed by atoms with Gasteiger partial charge in [-0.3, -0.25) is 4.98 Å². The molecule has 0 spiro atoms. The molecule has 0 aliphatic carbocycles. The molecule has 0 unspecified atom stereocenters.